The Labute approximate surface area is 82.7 Å². The first kappa shape index (κ1) is 11.9. The number of benzene rings is 1. The molecule has 0 heterocycles. The minimum absolute atomic E-state index is 0.193. The van der Waals surface area contributed by atoms with E-state index in [1.165, 1.54) is 0 Å². The molecule has 6 heteroatoms. The van der Waals surface area contributed by atoms with Crippen molar-refractivity contribution < 1.29 is 22.0 Å². The van der Waals surface area contributed by atoms with Crippen LogP contribution < -0.4 is 5.73 Å². The first-order chi connectivity index (χ1) is 6.76. The maximum atomic E-state index is 13.1. The zero-order valence-corrected chi connectivity index (χ0v) is 7.70. The summed E-state index contributed by atoms with van der Waals surface area (Å²) in [7, 11) is 0. The lowest BCUT2D eigenvalue weighted by Crippen LogP contribution is -2.41. The standard InChI is InChI=1S/C9H8F5N/c1-9(15,8(13)14)4-2-6(11)7(12)3-5(4)10/h2-3,8H,15H2,1H3. The van der Waals surface area contributed by atoms with Crippen LogP contribution in [-0.4, -0.2) is 6.43 Å². The van der Waals surface area contributed by atoms with Gasteiger partial charge in [-0.1, -0.05) is 0 Å². The molecule has 84 valence electrons. The smallest absolute Gasteiger partial charge is 0.260 e. The summed E-state index contributed by atoms with van der Waals surface area (Å²) >= 11 is 0. The van der Waals surface area contributed by atoms with Crippen LogP contribution in [-0.2, 0) is 5.54 Å². The average molecular weight is 225 g/mol. The van der Waals surface area contributed by atoms with Gasteiger partial charge >= 0.3 is 0 Å². The van der Waals surface area contributed by atoms with Gasteiger partial charge in [0.25, 0.3) is 6.43 Å². The molecule has 1 aromatic carbocycles. The lowest BCUT2D eigenvalue weighted by Gasteiger charge is -2.24. The molecule has 1 atom stereocenters. The Morgan fingerprint density at radius 3 is 2.00 bits per heavy atom. The topological polar surface area (TPSA) is 26.0 Å². The van der Waals surface area contributed by atoms with Gasteiger partial charge in [0.05, 0.1) is 0 Å². The molecular formula is C9H8F5N. The zero-order chi connectivity index (χ0) is 11.8. The third kappa shape index (κ3) is 2.09. The van der Waals surface area contributed by atoms with Crippen LogP contribution in [0.5, 0.6) is 0 Å². The highest BCUT2D eigenvalue weighted by molar-refractivity contribution is 5.27. The van der Waals surface area contributed by atoms with Crippen LogP contribution >= 0.6 is 0 Å². The van der Waals surface area contributed by atoms with Crippen LogP contribution in [0.3, 0.4) is 0 Å². The predicted molar refractivity (Wildman–Crippen MR) is 43.9 cm³/mol. The zero-order valence-electron chi connectivity index (χ0n) is 7.70. The average Bonchev–Trinajstić information content (AvgIpc) is 2.10. The van der Waals surface area contributed by atoms with E-state index in [1.54, 1.807) is 0 Å². The molecule has 1 aromatic rings. The number of hydrogen-bond acceptors (Lipinski definition) is 1. The first-order valence-electron chi connectivity index (χ1n) is 3.99. The van der Waals surface area contributed by atoms with Crippen LogP contribution in [0.4, 0.5) is 22.0 Å². The van der Waals surface area contributed by atoms with E-state index in [-0.39, 0.29) is 6.07 Å². The second-order valence-corrected chi connectivity index (χ2v) is 3.33. The third-order valence-electron chi connectivity index (χ3n) is 2.04. The van der Waals surface area contributed by atoms with Crippen molar-refractivity contribution in [2.75, 3.05) is 0 Å². The molecule has 0 spiro atoms. The minimum Gasteiger partial charge on any atom is -0.317 e. The Morgan fingerprint density at radius 2 is 1.53 bits per heavy atom. The van der Waals surface area contributed by atoms with Gasteiger partial charge in [0.2, 0.25) is 0 Å². The summed E-state index contributed by atoms with van der Waals surface area (Å²) in [5, 5.41) is 0. The summed E-state index contributed by atoms with van der Waals surface area (Å²) in [6.07, 6.45) is -3.09. The highest BCUT2D eigenvalue weighted by Crippen LogP contribution is 2.28. The molecule has 0 saturated carbocycles. The van der Waals surface area contributed by atoms with Gasteiger partial charge in [-0.3, -0.25) is 0 Å². The molecule has 1 rings (SSSR count). The van der Waals surface area contributed by atoms with Crippen molar-refractivity contribution in [3.05, 3.63) is 35.1 Å². The van der Waals surface area contributed by atoms with Gasteiger partial charge < -0.3 is 5.73 Å². The van der Waals surface area contributed by atoms with Crippen molar-refractivity contribution in [3.8, 4) is 0 Å². The highest BCUT2D eigenvalue weighted by Gasteiger charge is 2.35. The number of halogens is 5. The van der Waals surface area contributed by atoms with Crippen molar-refractivity contribution in [1.82, 2.24) is 0 Å². The second kappa shape index (κ2) is 3.77. The fourth-order valence-electron chi connectivity index (χ4n) is 1.05. The van der Waals surface area contributed by atoms with E-state index in [0.717, 1.165) is 6.92 Å². The van der Waals surface area contributed by atoms with Crippen LogP contribution in [0, 0.1) is 17.5 Å². The normalized spacial score (nSPS) is 15.5. The third-order valence-corrected chi connectivity index (χ3v) is 2.04. The van der Waals surface area contributed by atoms with Gasteiger partial charge in [-0.2, -0.15) is 0 Å². The molecule has 0 aliphatic carbocycles. The largest absolute Gasteiger partial charge is 0.317 e. The maximum absolute atomic E-state index is 13.1. The molecule has 0 radical (unpaired) electrons. The van der Waals surface area contributed by atoms with E-state index < -0.39 is 35.0 Å². The Balaban J connectivity index is 3.32. The summed E-state index contributed by atoms with van der Waals surface area (Å²) in [5.41, 5.74) is 2.02. The maximum Gasteiger partial charge on any atom is 0.260 e. The molecule has 0 amide bonds. The predicted octanol–water partition coefficient (Wildman–Crippen LogP) is 2.54. The number of hydrogen-bond donors (Lipinski definition) is 1. The Morgan fingerprint density at radius 1 is 1.07 bits per heavy atom. The van der Waals surface area contributed by atoms with Crippen LogP contribution in [0.15, 0.2) is 12.1 Å². The highest BCUT2D eigenvalue weighted by atomic mass is 19.3. The molecule has 0 saturated heterocycles. The van der Waals surface area contributed by atoms with E-state index in [2.05, 4.69) is 0 Å². The molecule has 0 bridgehead atoms. The summed E-state index contributed by atoms with van der Waals surface area (Å²) in [4.78, 5) is 0. The van der Waals surface area contributed by atoms with Crippen molar-refractivity contribution in [2.24, 2.45) is 5.73 Å². The van der Waals surface area contributed by atoms with Crippen LogP contribution in [0.1, 0.15) is 12.5 Å². The fraction of sp³-hybridized carbons (Fsp3) is 0.333. The lowest BCUT2D eigenvalue weighted by molar-refractivity contribution is 0.0602. The van der Waals surface area contributed by atoms with E-state index in [9.17, 15) is 22.0 Å². The number of alkyl halides is 2. The lowest BCUT2D eigenvalue weighted by atomic mass is 9.93. The summed E-state index contributed by atoms with van der Waals surface area (Å²) < 4.78 is 63.1. The summed E-state index contributed by atoms with van der Waals surface area (Å²) in [6.45, 7) is 0.841. The van der Waals surface area contributed by atoms with E-state index in [1.807, 2.05) is 0 Å². The SMILES string of the molecule is CC(N)(c1cc(F)c(F)cc1F)C(F)F. The molecule has 0 fully saturated rings. The monoisotopic (exact) mass is 225 g/mol. The quantitative estimate of drug-likeness (QED) is 0.607. The van der Waals surface area contributed by atoms with E-state index in [4.69, 9.17) is 5.73 Å². The Kier molecular flexibility index (Phi) is 2.99. The van der Waals surface area contributed by atoms with E-state index >= 15 is 0 Å². The molecule has 0 aliphatic rings. The Bertz CT molecular complexity index is 375. The number of nitrogens with two attached hydrogens (primary N) is 1. The van der Waals surface area contributed by atoms with Crippen LogP contribution in [0.2, 0.25) is 0 Å². The van der Waals surface area contributed by atoms with Crippen molar-refractivity contribution >= 4 is 0 Å². The molecular weight excluding hydrogens is 217 g/mol. The van der Waals surface area contributed by atoms with Gasteiger partial charge in [-0.15, -0.1) is 0 Å². The van der Waals surface area contributed by atoms with Gasteiger partial charge in [0, 0.05) is 11.6 Å². The van der Waals surface area contributed by atoms with Gasteiger partial charge in [0.1, 0.15) is 11.4 Å². The molecule has 0 aromatic heterocycles. The fourth-order valence-corrected chi connectivity index (χ4v) is 1.05. The summed E-state index contributed by atoms with van der Waals surface area (Å²) in [5.74, 6) is -4.15. The molecule has 15 heavy (non-hydrogen) atoms. The second-order valence-electron chi connectivity index (χ2n) is 3.33. The summed E-state index contributed by atoms with van der Waals surface area (Å²) in [6, 6.07) is 0.537. The van der Waals surface area contributed by atoms with Crippen LogP contribution in [0.25, 0.3) is 0 Å². The first-order valence-corrected chi connectivity index (χ1v) is 3.99. The van der Waals surface area contributed by atoms with Crippen molar-refractivity contribution in [3.63, 3.8) is 0 Å². The molecule has 2 N–H and O–H groups in total. The minimum atomic E-state index is -3.09. The van der Waals surface area contributed by atoms with Gasteiger partial charge in [-0.25, -0.2) is 22.0 Å². The number of rotatable bonds is 2. The van der Waals surface area contributed by atoms with Gasteiger partial charge in [0.15, 0.2) is 11.6 Å². The van der Waals surface area contributed by atoms with E-state index in [0.29, 0.717) is 6.07 Å². The molecule has 1 nitrogen and oxygen atoms in total. The molecule has 0 aliphatic heterocycles. The van der Waals surface area contributed by atoms with Gasteiger partial charge in [-0.05, 0) is 13.0 Å². The van der Waals surface area contributed by atoms with Crippen molar-refractivity contribution in [1.29, 1.82) is 0 Å². The molecule has 1 unspecified atom stereocenters. The Hall–Kier alpha value is -1.17. The van der Waals surface area contributed by atoms with Crippen molar-refractivity contribution in [2.45, 2.75) is 18.9 Å².